The van der Waals surface area contributed by atoms with Crippen LogP contribution in [0.2, 0.25) is 0 Å². The van der Waals surface area contributed by atoms with Gasteiger partial charge in [-0.25, -0.2) is 4.99 Å². The van der Waals surface area contributed by atoms with Crippen LogP contribution in [0.25, 0.3) is 0 Å². The van der Waals surface area contributed by atoms with Gasteiger partial charge in [-0.3, -0.25) is 9.67 Å². The van der Waals surface area contributed by atoms with Gasteiger partial charge in [-0.05, 0) is 45.4 Å². The lowest BCUT2D eigenvalue weighted by molar-refractivity contribution is 0.555. The number of aromatic nitrogens is 3. The minimum Gasteiger partial charge on any atom is -0.357 e. The fourth-order valence-corrected chi connectivity index (χ4v) is 2.33. The third kappa shape index (κ3) is 5.73. The maximum absolute atomic E-state index is 4.56. The molecule has 0 spiro atoms. The molecular weight excluding hydrogens is 288 g/mol. The van der Waals surface area contributed by atoms with E-state index in [0.29, 0.717) is 6.54 Å². The van der Waals surface area contributed by atoms with Gasteiger partial charge >= 0.3 is 0 Å². The molecule has 0 aliphatic rings. The average molecular weight is 314 g/mol. The van der Waals surface area contributed by atoms with Gasteiger partial charge in [0.05, 0.1) is 17.9 Å². The highest BCUT2D eigenvalue weighted by Crippen LogP contribution is 2.02. The van der Waals surface area contributed by atoms with Gasteiger partial charge in [-0.1, -0.05) is 6.07 Å². The third-order valence-electron chi connectivity index (χ3n) is 3.41. The van der Waals surface area contributed by atoms with Crippen molar-refractivity contribution in [3.63, 3.8) is 0 Å². The summed E-state index contributed by atoms with van der Waals surface area (Å²) in [5.74, 6) is 0.825. The van der Waals surface area contributed by atoms with Crippen molar-refractivity contribution in [2.24, 2.45) is 4.99 Å². The van der Waals surface area contributed by atoms with Crippen LogP contribution in [0.15, 0.2) is 35.5 Å². The zero-order chi connectivity index (χ0) is 16.5. The van der Waals surface area contributed by atoms with Crippen LogP contribution in [0.5, 0.6) is 0 Å². The van der Waals surface area contributed by atoms with Crippen molar-refractivity contribution < 1.29 is 0 Å². The molecule has 6 heteroatoms. The van der Waals surface area contributed by atoms with Crippen molar-refractivity contribution >= 4 is 5.96 Å². The Hall–Kier alpha value is -2.37. The van der Waals surface area contributed by atoms with Gasteiger partial charge in [0.2, 0.25) is 0 Å². The van der Waals surface area contributed by atoms with Crippen molar-refractivity contribution in [3.05, 3.63) is 47.5 Å². The molecule has 2 heterocycles. The molecule has 2 rings (SSSR count). The topological polar surface area (TPSA) is 67.1 Å². The molecule has 0 radical (unpaired) electrons. The minimum atomic E-state index is 0.577. The predicted molar refractivity (Wildman–Crippen MR) is 93.4 cm³/mol. The Kier molecular flexibility index (Phi) is 6.59. The summed E-state index contributed by atoms with van der Waals surface area (Å²) in [6.07, 6.45) is 2.79. The standard InChI is InChI=1S/C17H26N6/c1-4-18-17(21-13-16-8-5-6-9-19-16)20-10-7-11-23-15(3)12-14(2)22-23/h5-6,8-9,12H,4,7,10-11,13H2,1-3H3,(H2,18,20,21). The van der Waals surface area contributed by atoms with Gasteiger partial charge in [0.25, 0.3) is 0 Å². The average Bonchev–Trinajstić information content (AvgIpc) is 2.87. The second kappa shape index (κ2) is 8.92. The van der Waals surface area contributed by atoms with E-state index >= 15 is 0 Å². The van der Waals surface area contributed by atoms with Gasteiger partial charge in [0.15, 0.2) is 5.96 Å². The van der Waals surface area contributed by atoms with Crippen LogP contribution in [-0.4, -0.2) is 33.8 Å². The number of aliphatic imine (C=N–C) groups is 1. The summed E-state index contributed by atoms with van der Waals surface area (Å²) in [5, 5.41) is 11.1. The molecule has 6 nitrogen and oxygen atoms in total. The molecule has 0 aliphatic carbocycles. The molecule has 0 saturated carbocycles. The third-order valence-corrected chi connectivity index (χ3v) is 3.41. The second-order valence-electron chi connectivity index (χ2n) is 5.45. The van der Waals surface area contributed by atoms with Crippen LogP contribution in [0.1, 0.15) is 30.4 Å². The summed E-state index contributed by atoms with van der Waals surface area (Å²) in [4.78, 5) is 8.84. The molecule has 0 bridgehead atoms. The number of nitrogens with zero attached hydrogens (tertiary/aromatic N) is 4. The summed E-state index contributed by atoms with van der Waals surface area (Å²) >= 11 is 0. The highest BCUT2D eigenvalue weighted by atomic mass is 15.3. The molecule has 2 N–H and O–H groups in total. The van der Waals surface area contributed by atoms with Gasteiger partial charge in [0.1, 0.15) is 0 Å². The summed E-state index contributed by atoms with van der Waals surface area (Å²) in [5.41, 5.74) is 3.24. The molecular formula is C17H26N6. The lowest BCUT2D eigenvalue weighted by Gasteiger charge is -2.11. The van der Waals surface area contributed by atoms with Crippen LogP contribution in [0.3, 0.4) is 0 Å². The highest BCUT2D eigenvalue weighted by Gasteiger charge is 2.01. The monoisotopic (exact) mass is 314 g/mol. The molecule has 0 aliphatic heterocycles. The quantitative estimate of drug-likeness (QED) is 0.466. The van der Waals surface area contributed by atoms with E-state index in [2.05, 4.69) is 50.3 Å². The summed E-state index contributed by atoms with van der Waals surface area (Å²) < 4.78 is 2.05. The van der Waals surface area contributed by atoms with E-state index in [4.69, 9.17) is 0 Å². The van der Waals surface area contributed by atoms with Gasteiger partial charge < -0.3 is 10.6 Å². The predicted octanol–water partition coefficient (Wildman–Crippen LogP) is 2.04. The Morgan fingerprint density at radius 2 is 2.13 bits per heavy atom. The maximum atomic E-state index is 4.56. The molecule has 0 atom stereocenters. The fraction of sp³-hybridized carbons (Fsp3) is 0.471. The van der Waals surface area contributed by atoms with Gasteiger partial charge in [-0.2, -0.15) is 5.10 Å². The first-order chi connectivity index (χ1) is 11.2. The first-order valence-electron chi connectivity index (χ1n) is 8.12. The zero-order valence-corrected chi connectivity index (χ0v) is 14.2. The summed E-state index contributed by atoms with van der Waals surface area (Å²) in [7, 11) is 0. The fourth-order valence-electron chi connectivity index (χ4n) is 2.33. The van der Waals surface area contributed by atoms with Gasteiger partial charge in [0, 0.05) is 31.5 Å². The minimum absolute atomic E-state index is 0.577. The molecule has 0 amide bonds. The highest BCUT2D eigenvalue weighted by molar-refractivity contribution is 5.79. The van der Waals surface area contributed by atoms with Crippen molar-refractivity contribution in [1.82, 2.24) is 25.4 Å². The van der Waals surface area contributed by atoms with E-state index < -0.39 is 0 Å². The molecule has 124 valence electrons. The Bertz CT molecular complexity index is 617. The molecule has 2 aromatic rings. The Labute approximate surface area is 138 Å². The molecule has 23 heavy (non-hydrogen) atoms. The van der Waals surface area contributed by atoms with E-state index in [1.165, 1.54) is 5.69 Å². The Morgan fingerprint density at radius 1 is 1.26 bits per heavy atom. The van der Waals surface area contributed by atoms with Crippen LogP contribution >= 0.6 is 0 Å². The van der Waals surface area contributed by atoms with E-state index in [1.807, 2.05) is 25.1 Å². The number of pyridine rings is 1. The van der Waals surface area contributed by atoms with Crippen molar-refractivity contribution in [2.45, 2.75) is 40.3 Å². The van der Waals surface area contributed by atoms with Crippen molar-refractivity contribution in [1.29, 1.82) is 0 Å². The normalized spacial score (nSPS) is 11.5. The molecule has 0 saturated heterocycles. The number of guanidine groups is 1. The van der Waals surface area contributed by atoms with E-state index in [0.717, 1.165) is 43.4 Å². The van der Waals surface area contributed by atoms with Crippen LogP contribution in [-0.2, 0) is 13.1 Å². The largest absolute Gasteiger partial charge is 0.357 e. The van der Waals surface area contributed by atoms with E-state index in [9.17, 15) is 0 Å². The van der Waals surface area contributed by atoms with E-state index in [-0.39, 0.29) is 0 Å². The van der Waals surface area contributed by atoms with Crippen LogP contribution in [0.4, 0.5) is 0 Å². The van der Waals surface area contributed by atoms with E-state index in [1.54, 1.807) is 6.20 Å². The lowest BCUT2D eigenvalue weighted by Crippen LogP contribution is -2.38. The number of nitrogens with one attached hydrogen (secondary N) is 2. The second-order valence-corrected chi connectivity index (χ2v) is 5.45. The number of hydrogen-bond donors (Lipinski definition) is 2. The molecule has 0 aromatic carbocycles. The first kappa shape index (κ1) is 17.0. The summed E-state index contributed by atoms with van der Waals surface area (Å²) in [6.45, 7) is 9.35. The molecule has 2 aromatic heterocycles. The van der Waals surface area contributed by atoms with Crippen LogP contribution < -0.4 is 10.6 Å². The number of aryl methyl sites for hydroxylation is 3. The lowest BCUT2D eigenvalue weighted by atomic mass is 10.3. The Balaban J connectivity index is 1.79. The molecule has 0 unspecified atom stereocenters. The summed E-state index contributed by atoms with van der Waals surface area (Å²) in [6, 6.07) is 7.98. The number of hydrogen-bond acceptors (Lipinski definition) is 3. The molecule has 0 fully saturated rings. The first-order valence-corrected chi connectivity index (χ1v) is 8.12. The van der Waals surface area contributed by atoms with Crippen LogP contribution in [0, 0.1) is 13.8 Å². The zero-order valence-electron chi connectivity index (χ0n) is 14.2. The maximum Gasteiger partial charge on any atom is 0.191 e. The van der Waals surface area contributed by atoms with Crippen molar-refractivity contribution in [2.75, 3.05) is 13.1 Å². The smallest absolute Gasteiger partial charge is 0.191 e. The SMILES string of the molecule is CCNC(=NCc1ccccn1)NCCCn1nc(C)cc1C. The Morgan fingerprint density at radius 3 is 2.78 bits per heavy atom. The van der Waals surface area contributed by atoms with Crippen molar-refractivity contribution in [3.8, 4) is 0 Å². The number of rotatable bonds is 7. The van der Waals surface area contributed by atoms with Gasteiger partial charge in [-0.15, -0.1) is 0 Å².